The van der Waals surface area contributed by atoms with Gasteiger partial charge in [0.15, 0.2) is 11.5 Å². The fourth-order valence-electron chi connectivity index (χ4n) is 4.61. The van der Waals surface area contributed by atoms with Crippen molar-refractivity contribution in [2.45, 2.75) is 31.8 Å². The molecule has 3 aromatic carbocycles. The molecule has 0 radical (unpaired) electrons. The van der Waals surface area contributed by atoms with Gasteiger partial charge in [-0.3, -0.25) is 9.59 Å². The largest absolute Gasteiger partial charge is 0.493 e. The fourth-order valence-corrected chi connectivity index (χ4v) is 4.82. The predicted octanol–water partition coefficient (Wildman–Crippen LogP) is 5.23. The molecule has 188 valence electrons. The molecule has 0 saturated carbocycles. The third-order valence-corrected chi connectivity index (χ3v) is 6.85. The molecule has 1 fully saturated rings. The first kappa shape index (κ1) is 25.6. The summed E-state index contributed by atoms with van der Waals surface area (Å²) in [7, 11) is 3.15. The SMILES string of the molecule is COc1ccc(CN(C(=O)c2ccccc2Cl)C(Cc2ccccc2)C(=O)N2CCCC2)cc1OC. The van der Waals surface area contributed by atoms with Crippen molar-refractivity contribution >= 4 is 23.4 Å². The molecule has 1 aliphatic heterocycles. The van der Waals surface area contributed by atoms with Crippen molar-refractivity contribution in [2.24, 2.45) is 0 Å². The summed E-state index contributed by atoms with van der Waals surface area (Å²) in [6, 6.07) is 21.6. The van der Waals surface area contributed by atoms with Crippen LogP contribution in [0.4, 0.5) is 0 Å². The Morgan fingerprint density at radius 3 is 2.22 bits per heavy atom. The molecule has 4 rings (SSSR count). The minimum Gasteiger partial charge on any atom is -0.493 e. The van der Waals surface area contributed by atoms with E-state index in [1.54, 1.807) is 49.5 Å². The molecule has 0 bridgehead atoms. The third-order valence-electron chi connectivity index (χ3n) is 6.52. The van der Waals surface area contributed by atoms with Crippen LogP contribution in [0, 0.1) is 0 Å². The van der Waals surface area contributed by atoms with Crippen LogP contribution in [-0.4, -0.2) is 55.0 Å². The topological polar surface area (TPSA) is 59.1 Å². The van der Waals surface area contributed by atoms with E-state index in [0.717, 1.165) is 24.0 Å². The second-order valence-electron chi connectivity index (χ2n) is 8.84. The number of benzene rings is 3. The van der Waals surface area contributed by atoms with Gasteiger partial charge in [-0.15, -0.1) is 0 Å². The number of carbonyl (C=O) groups excluding carboxylic acids is 2. The molecule has 1 atom stereocenters. The number of rotatable bonds is 9. The second kappa shape index (κ2) is 12.0. The molecule has 0 N–H and O–H groups in total. The molecular formula is C29H31ClN2O4. The van der Waals surface area contributed by atoms with Crippen molar-refractivity contribution < 1.29 is 19.1 Å². The lowest BCUT2D eigenvalue weighted by atomic mass is 10.0. The average molecular weight is 507 g/mol. The van der Waals surface area contributed by atoms with Crippen LogP contribution in [0.1, 0.15) is 34.3 Å². The predicted molar refractivity (Wildman–Crippen MR) is 141 cm³/mol. The Kier molecular flexibility index (Phi) is 8.49. The fraction of sp³-hybridized carbons (Fsp3) is 0.310. The van der Waals surface area contributed by atoms with Gasteiger partial charge in [0.05, 0.1) is 24.8 Å². The zero-order chi connectivity index (χ0) is 25.5. The molecule has 1 unspecified atom stereocenters. The molecule has 6 nitrogen and oxygen atoms in total. The lowest BCUT2D eigenvalue weighted by Gasteiger charge is -2.34. The highest BCUT2D eigenvalue weighted by atomic mass is 35.5. The van der Waals surface area contributed by atoms with Crippen molar-refractivity contribution in [1.82, 2.24) is 9.80 Å². The number of ether oxygens (including phenoxy) is 2. The smallest absolute Gasteiger partial charge is 0.256 e. The lowest BCUT2D eigenvalue weighted by Crippen LogP contribution is -2.51. The molecule has 36 heavy (non-hydrogen) atoms. The number of methoxy groups -OCH3 is 2. The van der Waals surface area contributed by atoms with Gasteiger partial charge >= 0.3 is 0 Å². The van der Waals surface area contributed by atoms with E-state index in [4.69, 9.17) is 21.1 Å². The van der Waals surface area contributed by atoms with E-state index in [-0.39, 0.29) is 18.4 Å². The summed E-state index contributed by atoms with van der Waals surface area (Å²) in [4.78, 5) is 31.4. The second-order valence-corrected chi connectivity index (χ2v) is 9.25. The Bertz CT molecular complexity index is 1190. The van der Waals surface area contributed by atoms with Gasteiger partial charge in [-0.1, -0.05) is 60.1 Å². The van der Waals surface area contributed by atoms with Crippen molar-refractivity contribution in [2.75, 3.05) is 27.3 Å². The zero-order valence-electron chi connectivity index (χ0n) is 20.7. The van der Waals surface area contributed by atoms with Gasteiger partial charge in [-0.25, -0.2) is 0 Å². The Balaban J connectivity index is 1.77. The van der Waals surface area contributed by atoms with Crippen LogP contribution in [0.2, 0.25) is 5.02 Å². The van der Waals surface area contributed by atoms with E-state index < -0.39 is 6.04 Å². The Hall–Kier alpha value is -3.51. The Labute approximate surface area is 217 Å². The normalized spacial score (nSPS) is 13.8. The Morgan fingerprint density at radius 2 is 1.56 bits per heavy atom. The summed E-state index contributed by atoms with van der Waals surface area (Å²) in [6.45, 7) is 1.62. The molecule has 1 aliphatic rings. The summed E-state index contributed by atoms with van der Waals surface area (Å²) in [6.07, 6.45) is 2.34. The zero-order valence-corrected chi connectivity index (χ0v) is 21.4. The van der Waals surface area contributed by atoms with Gasteiger partial charge in [0.1, 0.15) is 6.04 Å². The minimum absolute atomic E-state index is 0.0442. The van der Waals surface area contributed by atoms with Crippen LogP contribution in [0.25, 0.3) is 0 Å². The van der Waals surface area contributed by atoms with E-state index in [1.165, 1.54) is 0 Å². The van der Waals surface area contributed by atoms with Gasteiger partial charge in [0, 0.05) is 26.1 Å². The maximum Gasteiger partial charge on any atom is 0.256 e. The van der Waals surface area contributed by atoms with Gasteiger partial charge < -0.3 is 19.3 Å². The van der Waals surface area contributed by atoms with Crippen LogP contribution in [0.5, 0.6) is 11.5 Å². The number of likely N-dealkylation sites (tertiary alicyclic amines) is 1. The molecule has 0 aliphatic carbocycles. The maximum atomic E-state index is 14.0. The van der Waals surface area contributed by atoms with Gasteiger partial charge in [0.25, 0.3) is 5.91 Å². The first-order valence-electron chi connectivity index (χ1n) is 12.1. The van der Waals surface area contributed by atoms with Crippen LogP contribution in [-0.2, 0) is 17.8 Å². The summed E-state index contributed by atoms with van der Waals surface area (Å²) in [5.74, 6) is 0.825. The summed E-state index contributed by atoms with van der Waals surface area (Å²) in [5.41, 5.74) is 2.17. The molecule has 0 spiro atoms. The highest BCUT2D eigenvalue weighted by Gasteiger charge is 2.35. The average Bonchev–Trinajstić information content (AvgIpc) is 3.46. The van der Waals surface area contributed by atoms with Gasteiger partial charge in [-0.05, 0) is 48.2 Å². The standard InChI is InChI=1S/C29H31ClN2O4/c1-35-26-15-14-22(19-27(26)36-2)20-32(28(33)23-12-6-7-13-24(23)30)25(18-21-10-4-3-5-11-21)29(34)31-16-8-9-17-31/h3-7,10-15,19,25H,8-9,16-18,20H2,1-2H3. The first-order chi connectivity index (χ1) is 17.5. The van der Waals surface area contributed by atoms with Crippen molar-refractivity contribution in [3.05, 3.63) is 94.5 Å². The van der Waals surface area contributed by atoms with Crippen LogP contribution in [0.15, 0.2) is 72.8 Å². The first-order valence-corrected chi connectivity index (χ1v) is 12.5. The number of halogens is 1. The highest BCUT2D eigenvalue weighted by molar-refractivity contribution is 6.33. The molecule has 7 heteroatoms. The summed E-state index contributed by atoms with van der Waals surface area (Å²) in [5, 5.41) is 0.354. The summed E-state index contributed by atoms with van der Waals surface area (Å²) >= 11 is 6.45. The number of nitrogens with zero attached hydrogens (tertiary/aromatic N) is 2. The van der Waals surface area contributed by atoms with Crippen LogP contribution >= 0.6 is 11.6 Å². The van der Waals surface area contributed by atoms with E-state index in [0.29, 0.717) is 41.6 Å². The van der Waals surface area contributed by atoms with E-state index >= 15 is 0 Å². The number of carbonyl (C=O) groups is 2. The van der Waals surface area contributed by atoms with Crippen molar-refractivity contribution in [1.29, 1.82) is 0 Å². The van der Waals surface area contributed by atoms with Gasteiger partial charge in [-0.2, -0.15) is 0 Å². The van der Waals surface area contributed by atoms with E-state index in [1.807, 2.05) is 47.4 Å². The molecule has 0 aromatic heterocycles. The molecular weight excluding hydrogens is 476 g/mol. The van der Waals surface area contributed by atoms with Crippen LogP contribution in [0.3, 0.4) is 0 Å². The third kappa shape index (κ3) is 5.82. The number of hydrogen-bond donors (Lipinski definition) is 0. The monoisotopic (exact) mass is 506 g/mol. The summed E-state index contributed by atoms with van der Waals surface area (Å²) < 4.78 is 10.9. The molecule has 3 aromatic rings. The van der Waals surface area contributed by atoms with Gasteiger partial charge in [0.2, 0.25) is 5.91 Å². The molecule has 1 heterocycles. The van der Waals surface area contributed by atoms with Crippen molar-refractivity contribution in [3.8, 4) is 11.5 Å². The minimum atomic E-state index is -0.692. The molecule has 1 saturated heterocycles. The van der Waals surface area contributed by atoms with Crippen molar-refractivity contribution in [3.63, 3.8) is 0 Å². The van der Waals surface area contributed by atoms with E-state index in [9.17, 15) is 9.59 Å². The lowest BCUT2D eigenvalue weighted by molar-refractivity contribution is -0.135. The van der Waals surface area contributed by atoms with Crippen LogP contribution < -0.4 is 9.47 Å². The Morgan fingerprint density at radius 1 is 0.889 bits per heavy atom. The highest BCUT2D eigenvalue weighted by Crippen LogP contribution is 2.30. The maximum absolute atomic E-state index is 14.0. The quantitative estimate of drug-likeness (QED) is 0.398. The van der Waals surface area contributed by atoms with E-state index in [2.05, 4.69) is 0 Å². The molecule has 2 amide bonds. The number of amides is 2. The number of hydrogen-bond acceptors (Lipinski definition) is 4.